The molecule has 1 amide bonds. The Kier molecular flexibility index (Phi) is 9.30. The van der Waals surface area contributed by atoms with E-state index in [1.807, 2.05) is 26.0 Å². The molecule has 0 fully saturated rings. The topological polar surface area (TPSA) is 84.9 Å². The molecule has 6 nitrogen and oxygen atoms in total. The molecule has 0 unspecified atom stereocenters. The first-order valence-electron chi connectivity index (χ1n) is 11.9. The van der Waals surface area contributed by atoms with Crippen LogP contribution in [-0.4, -0.2) is 23.6 Å². The normalized spacial score (nSPS) is 10.6. The number of carbonyl (C=O) groups is 2. The van der Waals surface area contributed by atoms with E-state index in [4.69, 9.17) is 14.6 Å². The Bertz CT molecular complexity index is 1150. The van der Waals surface area contributed by atoms with Gasteiger partial charge in [0, 0.05) is 12.0 Å². The van der Waals surface area contributed by atoms with Crippen molar-refractivity contribution >= 4 is 17.6 Å². The van der Waals surface area contributed by atoms with E-state index in [0.717, 1.165) is 35.3 Å². The van der Waals surface area contributed by atoms with Crippen LogP contribution in [0.25, 0.3) is 0 Å². The van der Waals surface area contributed by atoms with Crippen molar-refractivity contribution in [3.8, 4) is 11.5 Å². The molecule has 0 radical (unpaired) electrons. The second-order valence-corrected chi connectivity index (χ2v) is 8.51. The van der Waals surface area contributed by atoms with Gasteiger partial charge in [-0.3, -0.25) is 9.59 Å². The maximum atomic E-state index is 13.0. The van der Waals surface area contributed by atoms with Gasteiger partial charge in [-0.25, -0.2) is 0 Å². The summed E-state index contributed by atoms with van der Waals surface area (Å²) in [5.74, 6) is 0.146. The van der Waals surface area contributed by atoms with Crippen molar-refractivity contribution in [1.29, 1.82) is 0 Å². The molecular weight excluding hydrogens is 442 g/mol. The quantitative estimate of drug-likeness (QED) is 0.299. The summed E-state index contributed by atoms with van der Waals surface area (Å²) in [6.45, 7) is 6.75. The highest BCUT2D eigenvalue weighted by molar-refractivity contribution is 6.06. The van der Waals surface area contributed by atoms with E-state index >= 15 is 0 Å². The second-order valence-electron chi connectivity index (χ2n) is 8.51. The molecule has 0 aliphatic carbocycles. The lowest BCUT2D eigenvalue weighted by Crippen LogP contribution is -2.15. The summed E-state index contributed by atoms with van der Waals surface area (Å²) >= 11 is 0. The fourth-order valence-electron chi connectivity index (χ4n) is 3.74. The van der Waals surface area contributed by atoms with E-state index in [1.165, 1.54) is 5.56 Å². The summed E-state index contributed by atoms with van der Waals surface area (Å²) in [5, 5.41) is 11.7. The number of carboxylic acids is 1. The van der Waals surface area contributed by atoms with Gasteiger partial charge in [0.25, 0.3) is 5.91 Å². The minimum atomic E-state index is -0.863. The molecule has 0 heterocycles. The molecule has 0 spiro atoms. The van der Waals surface area contributed by atoms with Crippen LogP contribution >= 0.6 is 0 Å². The fourth-order valence-corrected chi connectivity index (χ4v) is 3.74. The van der Waals surface area contributed by atoms with Crippen LogP contribution in [0.15, 0.2) is 60.7 Å². The Labute approximate surface area is 206 Å². The van der Waals surface area contributed by atoms with Gasteiger partial charge in [0.1, 0.15) is 18.1 Å². The predicted molar refractivity (Wildman–Crippen MR) is 137 cm³/mol. The van der Waals surface area contributed by atoms with Gasteiger partial charge in [-0.2, -0.15) is 0 Å². The van der Waals surface area contributed by atoms with Crippen molar-refractivity contribution in [3.63, 3.8) is 0 Å². The van der Waals surface area contributed by atoms with E-state index in [9.17, 15) is 9.59 Å². The number of para-hydroxylation sites is 2. The number of amides is 1. The average molecular weight is 476 g/mol. The zero-order valence-corrected chi connectivity index (χ0v) is 20.6. The molecule has 0 atom stereocenters. The molecule has 35 heavy (non-hydrogen) atoms. The Hall–Kier alpha value is -3.80. The van der Waals surface area contributed by atoms with Crippen molar-refractivity contribution in [2.75, 3.05) is 11.9 Å². The first kappa shape index (κ1) is 25.8. The van der Waals surface area contributed by atoms with Crippen LogP contribution in [-0.2, 0) is 17.8 Å². The molecule has 3 aromatic rings. The van der Waals surface area contributed by atoms with Gasteiger partial charge >= 0.3 is 5.97 Å². The number of benzene rings is 3. The van der Waals surface area contributed by atoms with Gasteiger partial charge in [-0.05, 0) is 73.2 Å². The zero-order chi connectivity index (χ0) is 25.2. The van der Waals surface area contributed by atoms with Crippen LogP contribution in [0.3, 0.4) is 0 Å². The number of carboxylic acid groups (broad SMARTS) is 1. The monoisotopic (exact) mass is 475 g/mol. The number of hydrogen-bond acceptors (Lipinski definition) is 4. The largest absolute Gasteiger partial charge is 0.491 e. The number of aliphatic carboxylic acids is 1. The summed E-state index contributed by atoms with van der Waals surface area (Å²) in [6.07, 6.45) is 2.62. The van der Waals surface area contributed by atoms with E-state index < -0.39 is 5.97 Å². The third-order valence-corrected chi connectivity index (χ3v) is 5.87. The number of carbonyl (C=O) groups excluding carboxylic acids is 1. The summed E-state index contributed by atoms with van der Waals surface area (Å²) in [6, 6.07) is 19.2. The van der Waals surface area contributed by atoms with Crippen LogP contribution in [0.2, 0.25) is 0 Å². The molecule has 2 N–H and O–H groups in total. The zero-order valence-electron chi connectivity index (χ0n) is 20.6. The highest BCUT2D eigenvalue weighted by Crippen LogP contribution is 2.28. The van der Waals surface area contributed by atoms with Gasteiger partial charge in [-0.15, -0.1) is 0 Å². The number of aryl methyl sites for hydroxylation is 1. The lowest BCUT2D eigenvalue weighted by atomic mass is 10.0. The van der Waals surface area contributed by atoms with Crippen molar-refractivity contribution in [1.82, 2.24) is 0 Å². The SMILES string of the molecule is CCCc1ccc(COc2ccc(C(=O)Nc3ccccc3OCCCC(=O)O)c(C)c2C)cc1. The third kappa shape index (κ3) is 7.34. The Morgan fingerprint density at radius 2 is 1.57 bits per heavy atom. The molecule has 0 aliphatic rings. The van der Waals surface area contributed by atoms with Crippen LogP contribution in [0.1, 0.15) is 58.8 Å². The summed E-state index contributed by atoms with van der Waals surface area (Å²) in [4.78, 5) is 23.7. The molecule has 184 valence electrons. The van der Waals surface area contributed by atoms with Crippen LogP contribution in [0.4, 0.5) is 5.69 Å². The maximum Gasteiger partial charge on any atom is 0.303 e. The summed E-state index contributed by atoms with van der Waals surface area (Å²) in [5.41, 5.74) is 5.28. The van der Waals surface area contributed by atoms with Crippen LogP contribution in [0, 0.1) is 13.8 Å². The van der Waals surface area contributed by atoms with E-state index in [-0.39, 0.29) is 18.9 Å². The molecule has 3 rings (SSSR count). The highest BCUT2D eigenvalue weighted by atomic mass is 16.5. The first-order valence-corrected chi connectivity index (χ1v) is 11.9. The third-order valence-electron chi connectivity index (χ3n) is 5.87. The van der Waals surface area contributed by atoms with E-state index in [2.05, 4.69) is 36.5 Å². The molecule has 0 aliphatic heterocycles. The van der Waals surface area contributed by atoms with Crippen LogP contribution in [0.5, 0.6) is 11.5 Å². The molecule has 3 aromatic carbocycles. The first-order chi connectivity index (χ1) is 16.9. The molecule has 0 aromatic heterocycles. The summed E-state index contributed by atoms with van der Waals surface area (Å²) in [7, 11) is 0. The Morgan fingerprint density at radius 3 is 2.29 bits per heavy atom. The van der Waals surface area contributed by atoms with E-state index in [1.54, 1.807) is 24.3 Å². The van der Waals surface area contributed by atoms with Gasteiger partial charge in [0.05, 0.1) is 12.3 Å². The summed E-state index contributed by atoms with van der Waals surface area (Å²) < 4.78 is 11.7. The van der Waals surface area contributed by atoms with Crippen LogP contribution < -0.4 is 14.8 Å². The molecule has 0 saturated heterocycles. The predicted octanol–water partition coefficient (Wildman–Crippen LogP) is 6.33. The minimum absolute atomic E-state index is 0.0333. The molecule has 0 bridgehead atoms. The molecule has 0 saturated carbocycles. The number of rotatable bonds is 12. The standard InChI is InChI=1S/C29H33NO5/c1-4-8-22-12-14-23(15-13-22)19-35-26-17-16-24(20(2)21(26)3)29(33)30-25-9-5-6-10-27(25)34-18-7-11-28(31)32/h5-6,9-10,12-17H,4,7-8,11,18-19H2,1-3H3,(H,30,33)(H,31,32). The van der Waals surface area contributed by atoms with Gasteiger partial charge in [0.15, 0.2) is 0 Å². The van der Waals surface area contributed by atoms with Gasteiger partial charge in [0.2, 0.25) is 0 Å². The average Bonchev–Trinajstić information content (AvgIpc) is 2.84. The van der Waals surface area contributed by atoms with Crippen molar-refractivity contribution in [2.45, 2.75) is 53.1 Å². The fraction of sp³-hybridized carbons (Fsp3) is 0.310. The molecular formula is C29H33NO5. The number of nitrogens with one attached hydrogen (secondary N) is 1. The molecule has 6 heteroatoms. The minimum Gasteiger partial charge on any atom is -0.491 e. The van der Waals surface area contributed by atoms with Gasteiger partial charge in [-0.1, -0.05) is 49.7 Å². The van der Waals surface area contributed by atoms with Crippen molar-refractivity contribution in [2.24, 2.45) is 0 Å². The second kappa shape index (κ2) is 12.6. The maximum absolute atomic E-state index is 13.0. The number of anilines is 1. The smallest absolute Gasteiger partial charge is 0.303 e. The van der Waals surface area contributed by atoms with Crippen molar-refractivity contribution < 1.29 is 24.2 Å². The Morgan fingerprint density at radius 1 is 0.857 bits per heavy atom. The number of ether oxygens (including phenoxy) is 2. The lowest BCUT2D eigenvalue weighted by Gasteiger charge is -2.16. The number of hydrogen-bond donors (Lipinski definition) is 2. The Balaban J connectivity index is 1.65. The lowest BCUT2D eigenvalue weighted by molar-refractivity contribution is -0.137. The van der Waals surface area contributed by atoms with E-state index in [0.29, 0.717) is 30.0 Å². The highest BCUT2D eigenvalue weighted by Gasteiger charge is 2.16. The van der Waals surface area contributed by atoms with Gasteiger partial charge < -0.3 is 19.9 Å². The van der Waals surface area contributed by atoms with Crippen molar-refractivity contribution in [3.05, 3.63) is 88.5 Å².